The fourth-order valence-electron chi connectivity index (χ4n) is 2.10. The van der Waals surface area contributed by atoms with Gasteiger partial charge in [-0.15, -0.1) is 0 Å². The Balaban J connectivity index is 1.91. The monoisotopic (exact) mass is 227 g/mol. The lowest BCUT2D eigenvalue weighted by atomic mass is 10.0. The molecule has 1 saturated heterocycles. The molecular weight excluding hydrogens is 202 g/mol. The SMILES string of the molecule is CCCCCCCCC(=O)N1CC(CO)C1. The van der Waals surface area contributed by atoms with Gasteiger partial charge in [0.1, 0.15) is 0 Å². The summed E-state index contributed by atoms with van der Waals surface area (Å²) in [4.78, 5) is 13.5. The predicted octanol–water partition coefficient (Wildman–Crippen LogP) is 2.19. The van der Waals surface area contributed by atoms with Crippen molar-refractivity contribution in [2.75, 3.05) is 19.7 Å². The Labute approximate surface area is 98.8 Å². The molecule has 0 atom stereocenters. The molecule has 0 radical (unpaired) electrons. The van der Waals surface area contributed by atoms with E-state index in [1.165, 1.54) is 32.1 Å². The molecule has 1 amide bonds. The molecule has 1 aliphatic heterocycles. The van der Waals surface area contributed by atoms with Crippen LogP contribution >= 0.6 is 0 Å². The van der Waals surface area contributed by atoms with E-state index in [0.717, 1.165) is 19.5 Å². The van der Waals surface area contributed by atoms with Gasteiger partial charge in [-0.1, -0.05) is 39.0 Å². The molecule has 0 saturated carbocycles. The minimum atomic E-state index is 0.223. The lowest BCUT2D eigenvalue weighted by Gasteiger charge is -2.38. The molecule has 0 aromatic heterocycles. The Morgan fingerprint density at radius 1 is 1.19 bits per heavy atom. The van der Waals surface area contributed by atoms with E-state index < -0.39 is 0 Å². The lowest BCUT2D eigenvalue weighted by molar-refractivity contribution is -0.138. The predicted molar refractivity (Wildman–Crippen MR) is 65.1 cm³/mol. The quantitative estimate of drug-likeness (QED) is 0.646. The van der Waals surface area contributed by atoms with Crippen LogP contribution < -0.4 is 0 Å². The first-order valence-corrected chi connectivity index (χ1v) is 6.66. The number of hydrogen-bond acceptors (Lipinski definition) is 2. The molecule has 1 rings (SSSR count). The number of likely N-dealkylation sites (tertiary alicyclic amines) is 1. The number of rotatable bonds is 8. The molecule has 0 aliphatic carbocycles. The van der Waals surface area contributed by atoms with E-state index in [1.807, 2.05) is 4.90 Å². The second kappa shape index (κ2) is 7.66. The number of nitrogens with zero attached hydrogens (tertiary/aromatic N) is 1. The second-order valence-electron chi connectivity index (χ2n) is 4.87. The first-order chi connectivity index (χ1) is 7.77. The Hall–Kier alpha value is -0.570. The first kappa shape index (κ1) is 13.5. The highest BCUT2D eigenvalue weighted by atomic mass is 16.3. The highest BCUT2D eigenvalue weighted by Gasteiger charge is 2.28. The summed E-state index contributed by atoms with van der Waals surface area (Å²) >= 11 is 0. The van der Waals surface area contributed by atoms with Crippen LogP contribution in [-0.2, 0) is 4.79 Å². The molecule has 3 nitrogen and oxygen atoms in total. The molecule has 1 N–H and O–H groups in total. The highest BCUT2D eigenvalue weighted by Crippen LogP contribution is 2.17. The maximum atomic E-state index is 11.6. The average molecular weight is 227 g/mol. The summed E-state index contributed by atoms with van der Waals surface area (Å²) in [6, 6.07) is 0. The maximum Gasteiger partial charge on any atom is 0.222 e. The van der Waals surface area contributed by atoms with Crippen LogP contribution in [-0.4, -0.2) is 35.6 Å². The van der Waals surface area contributed by atoms with Crippen LogP contribution in [0.15, 0.2) is 0 Å². The Morgan fingerprint density at radius 3 is 2.44 bits per heavy atom. The number of carbonyl (C=O) groups is 1. The summed E-state index contributed by atoms with van der Waals surface area (Å²) in [6.45, 7) is 3.97. The first-order valence-electron chi connectivity index (χ1n) is 6.66. The van der Waals surface area contributed by atoms with E-state index in [-0.39, 0.29) is 12.5 Å². The van der Waals surface area contributed by atoms with Crippen molar-refractivity contribution >= 4 is 5.91 Å². The van der Waals surface area contributed by atoms with Crippen molar-refractivity contribution in [2.45, 2.75) is 51.9 Å². The van der Waals surface area contributed by atoms with Gasteiger partial charge < -0.3 is 10.0 Å². The summed E-state index contributed by atoms with van der Waals surface area (Å²) in [6.07, 6.45) is 8.07. The minimum Gasteiger partial charge on any atom is -0.396 e. The van der Waals surface area contributed by atoms with E-state index in [2.05, 4.69) is 6.92 Å². The molecule has 94 valence electrons. The Morgan fingerprint density at radius 2 is 1.81 bits per heavy atom. The normalized spacial score (nSPS) is 16.2. The summed E-state index contributed by atoms with van der Waals surface area (Å²) in [7, 11) is 0. The van der Waals surface area contributed by atoms with Gasteiger partial charge in [0, 0.05) is 32.0 Å². The van der Waals surface area contributed by atoms with Crippen molar-refractivity contribution in [3.05, 3.63) is 0 Å². The molecule has 0 unspecified atom stereocenters. The minimum absolute atomic E-state index is 0.223. The zero-order chi connectivity index (χ0) is 11.8. The Kier molecular flexibility index (Phi) is 6.46. The van der Waals surface area contributed by atoms with E-state index >= 15 is 0 Å². The molecule has 1 heterocycles. The fraction of sp³-hybridized carbons (Fsp3) is 0.923. The third-order valence-corrected chi connectivity index (χ3v) is 3.31. The van der Waals surface area contributed by atoms with Crippen LogP contribution in [0.2, 0.25) is 0 Å². The van der Waals surface area contributed by atoms with Crippen LogP contribution in [0.5, 0.6) is 0 Å². The average Bonchev–Trinajstić information content (AvgIpc) is 2.22. The van der Waals surface area contributed by atoms with Crippen molar-refractivity contribution < 1.29 is 9.90 Å². The van der Waals surface area contributed by atoms with E-state index in [1.54, 1.807) is 0 Å². The smallest absolute Gasteiger partial charge is 0.222 e. The van der Waals surface area contributed by atoms with Gasteiger partial charge in [-0.05, 0) is 6.42 Å². The van der Waals surface area contributed by atoms with Crippen LogP contribution in [0.3, 0.4) is 0 Å². The third kappa shape index (κ3) is 4.52. The van der Waals surface area contributed by atoms with Crippen molar-refractivity contribution in [3.63, 3.8) is 0 Å². The summed E-state index contributed by atoms with van der Waals surface area (Å²) in [5, 5.41) is 8.84. The van der Waals surface area contributed by atoms with E-state index in [9.17, 15) is 4.79 Å². The van der Waals surface area contributed by atoms with Gasteiger partial charge in [-0.25, -0.2) is 0 Å². The number of amides is 1. The highest BCUT2D eigenvalue weighted by molar-refractivity contribution is 5.76. The van der Waals surface area contributed by atoms with Crippen molar-refractivity contribution in [1.29, 1.82) is 0 Å². The molecule has 0 spiro atoms. The zero-order valence-electron chi connectivity index (χ0n) is 10.5. The van der Waals surface area contributed by atoms with Gasteiger partial charge in [-0.3, -0.25) is 4.79 Å². The maximum absolute atomic E-state index is 11.6. The van der Waals surface area contributed by atoms with E-state index in [0.29, 0.717) is 12.3 Å². The number of aliphatic hydroxyl groups is 1. The van der Waals surface area contributed by atoms with Gasteiger partial charge >= 0.3 is 0 Å². The van der Waals surface area contributed by atoms with Gasteiger partial charge in [0.2, 0.25) is 5.91 Å². The van der Waals surface area contributed by atoms with E-state index in [4.69, 9.17) is 5.11 Å². The standard InChI is InChI=1S/C13H25NO2/c1-2-3-4-5-6-7-8-13(16)14-9-12(10-14)11-15/h12,15H,2-11H2,1H3. The molecule has 0 aromatic rings. The summed E-state index contributed by atoms with van der Waals surface area (Å²) in [5.41, 5.74) is 0. The van der Waals surface area contributed by atoms with Crippen LogP contribution in [0.1, 0.15) is 51.9 Å². The molecule has 0 bridgehead atoms. The van der Waals surface area contributed by atoms with Gasteiger partial charge in [0.05, 0.1) is 0 Å². The largest absolute Gasteiger partial charge is 0.396 e. The lowest BCUT2D eigenvalue weighted by Crippen LogP contribution is -2.51. The van der Waals surface area contributed by atoms with Crippen LogP contribution in [0.4, 0.5) is 0 Å². The topological polar surface area (TPSA) is 40.5 Å². The van der Waals surface area contributed by atoms with Gasteiger partial charge in [0.15, 0.2) is 0 Å². The molecule has 1 aliphatic rings. The molecule has 3 heteroatoms. The third-order valence-electron chi connectivity index (χ3n) is 3.31. The number of hydrogen-bond donors (Lipinski definition) is 1. The molecule has 16 heavy (non-hydrogen) atoms. The summed E-state index contributed by atoms with van der Waals surface area (Å²) < 4.78 is 0. The fourth-order valence-corrected chi connectivity index (χ4v) is 2.10. The van der Waals surface area contributed by atoms with Crippen molar-refractivity contribution in [2.24, 2.45) is 5.92 Å². The van der Waals surface area contributed by atoms with Gasteiger partial charge in [0.25, 0.3) is 0 Å². The molecule has 0 aromatic carbocycles. The number of unbranched alkanes of at least 4 members (excludes halogenated alkanes) is 5. The summed E-state index contributed by atoms with van der Waals surface area (Å²) in [5.74, 6) is 0.619. The van der Waals surface area contributed by atoms with Crippen molar-refractivity contribution in [3.8, 4) is 0 Å². The van der Waals surface area contributed by atoms with Crippen LogP contribution in [0.25, 0.3) is 0 Å². The molecular formula is C13H25NO2. The van der Waals surface area contributed by atoms with Crippen molar-refractivity contribution in [1.82, 2.24) is 4.90 Å². The van der Waals surface area contributed by atoms with Gasteiger partial charge in [-0.2, -0.15) is 0 Å². The zero-order valence-corrected chi connectivity index (χ0v) is 10.5. The number of aliphatic hydroxyl groups excluding tert-OH is 1. The Bertz CT molecular complexity index is 200. The number of carbonyl (C=O) groups excluding carboxylic acids is 1. The molecule has 1 fully saturated rings. The van der Waals surface area contributed by atoms with Crippen LogP contribution in [0, 0.1) is 5.92 Å². The second-order valence-corrected chi connectivity index (χ2v) is 4.87.